The van der Waals surface area contributed by atoms with Gasteiger partial charge in [-0.2, -0.15) is 0 Å². The van der Waals surface area contributed by atoms with Gasteiger partial charge in [0.1, 0.15) is 0 Å². The second-order valence-corrected chi connectivity index (χ2v) is 6.77. The molecule has 1 N–H and O–H groups in total. The fourth-order valence-electron chi connectivity index (χ4n) is 3.52. The molecule has 0 amide bonds. The number of hydrogen-bond donors (Lipinski definition) is 1. The maximum Gasteiger partial charge on any atom is 0.0877 e. The summed E-state index contributed by atoms with van der Waals surface area (Å²) in [6, 6.07) is 14.3. The molecule has 0 saturated carbocycles. The number of nitrogens with zero attached hydrogens (tertiary/aromatic N) is 4. The maximum atomic E-state index is 9.78. The Bertz CT molecular complexity index is 865. The molecular formula is C20H24N4O. The molecule has 0 atom stereocenters. The molecule has 3 aromatic heterocycles. The quantitative estimate of drug-likeness (QED) is 0.794. The molecule has 0 radical (unpaired) electrons. The first-order chi connectivity index (χ1) is 12.2. The first-order valence-corrected chi connectivity index (χ1v) is 8.81. The highest BCUT2D eigenvalue weighted by Gasteiger charge is 2.16. The number of hydrogen-bond acceptors (Lipinski definition) is 4. The molecule has 0 bridgehead atoms. The van der Waals surface area contributed by atoms with Gasteiger partial charge in [-0.3, -0.25) is 4.90 Å². The van der Waals surface area contributed by atoms with E-state index in [2.05, 4.69) is 39.4 Å². The molecule has 1 aliphatic rings. The van der Waals surface area contributed by atoms with E-state index in [1.807, 2.05) is 30.5 Å². The predicted octanol–water partition coefficient (Wildman–Crippen LogP) is 2.24. The second-order valence-electron chi connectivity index (χ2n) is 6.77. The Labute approximate surface area is 148 Å². The van der Waals surface area contributed by atoms with Crippen LogP contribution < -0.4 is 0 Å². The van der Waals surface area contributed by atoms with Crippen LogP contribution in [0.4, 0.5) is 0 Å². The van der Waals surface area contributed by atoms with Crippen LogP contribution in [0, 0.1) is 0 Å². The van der Waals surface area contributed by atoms with Crippen molar-refractivity contribution >= 4 is 5.52 Å². The summed E-state index contributed by atoms with van der Waals surface area (Å²) in [5, 5.41) is 9.78. The van der Waals surface area contributed by atoms with Crippen molar-refractivity contribution < 1.29 is 5.11 Å². The molecule has 0 unspecified atom stereocenters. The monoisotopic (exact) mass is 336 g/mol. The highest BCUT2D eigenvalue weighted by atomic mass is 16.3. The van der Waals surface area contributed by atoms with Crippen molar-refractivity contribution in [2.45, 2.75) is 13.2 Å². The van der Waals surface area contributed by atoms with Crippen molar-refractivity contribution in [2.75, 3.05) is 33.2 Å². The molecule has 5 heteroatoms. The van der Waals surface area contributed by atoms with Gasteiger partial charge in [-0.1, -0.05) is 12.1 Å². The zero-order valence-electron chi connectivity index (χ0n) is 14.6. The zero-order valence-corrected chi connectivity index (χ0v) is 14.6. The highest BCUT2D eigenvalue weighted by Crippen LogP contribution is 2.26. The fraction of sp³-hybridized carbons (Fsp3) is 0.350. The number of pyridine rings is 2. The third-order valence-corrected chi connectivity index (χ3v) is 4.96. The van der Waals surface area contributed by atoms with Gasteiger partial charge in [0.15, 0.2) is 0 Å². The minimum atomic E-state index is 0.0153. The van der Waals surface area contributed by atoms with Gasteiger partial charge in [0.25, 0.3) is 0 Å². The van der Waals surface area contributed by atoms with Gasteiger partial charge in [-0.25, -0.2) is 4.98 Å². The molecule has 1 saturated heterocycles. The van der Waals surface area contributed by atoms with Gasteiger partial charge >= 0.3 is 0 Å². The summed E-state index contributed by atoms with van der Waals surface area (Å²) in [6.45, 7) is 5.27. The maximum absolute atomic E-state index is 9.78. The van der Waals surface area contributed by atoms with Gasteiger partial charge in [0, 0.05) is 50.0 Å². The highest BCUT2D eigenvalue weighted by molar-refractivity contribution is 5.69. The normalized spacial score (nSPS) is 16.6. The van der Waals surface area contributed by atoms with E-state index < -0.39 is 0 Å². The largest absolute Gasteiger partial charge is 0.392 e. The average molecular weight is 336 g/mol. The molecule has 130 valence electrons. The summed E-state index contributed by atoms with van der Waals surface area (Å²) in [5.74, 6) is 0. The van der Waals surface area contributed by atoms with Crippen LogP contribution in [-0.2, 0) is 13.2 Å². The molecule has 3 aromatic rings. The minimum Gasteiger partial charge on any atom is -0.392 e. The first-order valence-electron chi connectivity index (χ1n) is 8.81. The van der Waals surface area contributed by atoms with Crippen LogP contribution in [0.5, 0.6) is 0 Å². The fourth-order valence-corrected chi connectivity index (χ4v) is 3.52. The van der Waals surface area contributed by atoms with Crippen LogP contribution in [0.1, 0.15) is 11.3 Å². The van der Waals surface area contributed by atoms with Crippen LogP contribution in [0.25, 0.3) is 16.9 Å². The van der Waals surface area contributed by atoms with Gasteiger partial charge in [0.05, 0.1) is 23.7 Å². The number of piperazine rings is 1. The Balaban J connectivity index is 1.66. The van der Waals surface area contributed by atoms with E-state index in [1.165, 1.54) is 0 Å². The summed E-state index contributed by atoms with van der Waals surface area (Å²) in [4.78, 5) is 9.72. The Hall–Kier alpha value is -2.21. The van der Waals surface area contributed by atoms with E-state index in [4.69, 9.17) is 4.98 Å². The van der Waals surface area contributed by atoms with Crippen molar-refractivity contribution in [1.29, 1.82) is 0 Å². The molecule has 4 rings (SSSR count). The minimum absolute atomic E-state index is 0.0153. The standard InChI is InChI=1S/C20H24N4O/c1-22-9-11-23(12-10-22)14-17-5-4-7-19(21-17)20-16(15-25)13-18-6-2-3-8-24(18)20/h2-8,13,25H,9-12,14-15H2,1H3. The van der Waals surface area contributed by atoms with E-state index in [-0.39, 0.29) is 6.61 Å². The van der Waals surface area contributed by atoms with Crippen molar-refractivity contribution in [3.8, 4) is 11.4 Å². The molecule has 1 aliphatic heterocycles. The third-order valence-electron chi connectivity index (χ3n) is 4.96. The number of aliphatic hydroxyl groups is 1. The predicted molar refractivity (Wildman–Crippen MR) is 99.3 cm³/mol. The number of likely N-dealkylation sites (N-methyl/N-ethyl adjacent to an activating group) is 1. The van der Waals surface area contributed by atoms with Crippen LogP contribution in [0.15, 0.2) is 48.7 Å². The average Bonchev–Trinajstić information content (AvgIpc) is 3.02. The van der Waals surface area contributed by atoms with Crippen LogP contribution in [-0.4, -0.2) is 57.5 Å². The van der Waals surface area contributed by atoms with E-state index in [0.717, 1.165) is 60.9 Å². The lowest BCUT2D eigenvalue weighted by molar-refractivity contribution is 0.147. The lowest BCUT2D eigenvalue weighted by atomic mass is 10.1. The molecule has 5 nitrogen and oxygen atoms in total. The van der Waals surface area contributed by atoms with Crippen LogP contribution in [0.3, 0.4) is 0 Å². The Morgan fingerprint density at radius 3 is 2.68 bits per heavy atom. The van der Waals surface area contributed by atoms with E-state index in [1.54, 1.807) is 0 Å². The number of aromatic nitrogens is 2. The van der Waals surface area contributed by atoms with Crippen LogP contribution in [0.2, 0.25) is 0 Å². The first kappa shape index (κ1) is 16.3. The van der Waals surface area contributed by atoms with E-state index in [9.17, 15) is 5.11 Å². The SMILES string of the molecule is CN1CCN(Cc2cccc(-c3c(CO)cc4ccccn34)n2)CC1. The third kappa shape index (κ3) is 3.31. The van der Waals surface area contributed by atoms with Gasteiger partial charge in [-0.05, 0) is 37.4 Å². The summed E-state index contributed by atoms with van der Waals surface area (Å²) in [6.07, 6.45) is 2.03. The lowest BCUT2D eigenvalue weighted by Crippen LogP contribution is -2.44. The molecule has 0 aromatic carbocycles. The van der Waals surface area contributed by atoms with Gasteiger partial charge in [0.2, 0.25) is 0 Å². The molecular weight excluding hydrogens is 312 g/mol. The summed E-state index contributed by atoms with van der Waals surface area (Å²) < 4.78 is 2.10. The van der Waals surface area contributed by atoms with Crippen LogP contribution >= 0.6 is 0 Å². The molecule has 25 heavy (non-hydrogen) atoms. The van der Waals surface area contributed by atoms with E-state index >= 15 is 0 Å². The van der Waals surface area contributed by atoms with Crippen molar-refractivity contribution in [3.63, 3.8) is 0 Å². The molecule has 0 spiro atoms. The Kier molecular flexibility index (Phi) is 4.53. The summed E-state index contributed by atoms with van der Waals surface area (Å²) in [5.41, 5.74) is 4.97. The molecule has 0 aliphatic carbocycles. The molecule has 4 heterocycles. The Morgan fingerprint density at radius 1 is 1.04 bits per heavy atom. The van der Waals surface area contributed by atoms with Crippen molar-refractivity contribution in [1.82, 2.24) is 19.2 Å². The van der Waals surface area contributed by atoms with Crippen molar-refractivity contribution in [2.24, 2.45) is 0 Å². The number of aliphatic hydroxyl groups excluding tert-OH is 1. The summed E-state index contributed by atoms with van der Waals surface area (Å²) in [7, 11) is 2.17. The van der Waals surface area contributed by atoms with Gasteiger partial charge in [-0.15, -0.1) is 0 Å². The van der Waals surface area contributed by atoms with E-state index in [0.29, 0.717) is 0 Å². The topological polar surface area (TPSA) is 44.0 Å². The number of fused-ring (bicyclic) bond motifs is 1. The second kappa shape index (κ2) is 6.96. The number of rotatable bonds is 4. The zero-order chi connectivity index (χ0) is 17.2. The van der Waals surface area contributed by atoms with Crippen molar-refractivity contribution in [3.05, 3.63) is 59.9 Å². The van der Waals surface area contributed by atoms with Gasteiger partial charge < -0.3 is 14.4 Å². The summed E-state index contributed by atoms with van der Waals surface area (Å²) >= 11 is 0. The Morgan fingerprint density at radius 2 is 1.88 bits per heavy atom. The lowest BCUT2D eigenvalue weighted by Gasteiger charge is -2.32. The molecule has 1 fully saturated rings. The smallest absolute Gasteiger partial charge is 0.0877 e.